The van der Waals surface area contributed by atoms with E-state index in [0.29, 0.717) is 19.1 Å². The van der Waals surface area contributed by atoms with E-state index in [1.54, 1.807) is 10.7 Å². The Balaban J connectivity index is 0.00000243. The van der Waals surface area contributed by atoms with Crippen LogP contribution in [0.25, 0.3) is 16.9 Å². The van der Waals surface area contributed by atoms with Crippen LogP contribution in [0.3, 0.4) is 0 Å². The molecule has 0 saturated carbocycles. The van der Waals surface area contributed by atoms with E-state index in [2.05, 4.69) is 37.4 Å². The summed E-state index contributed by atoms with van der Waals surface area (Å²) in [5.74, 6) is 1.53. The van der Waals surface area contributed by atoms with E-state index < -0.39 is 0 Å². The third-order valence-corrected chi connectivity index (χ3v) is 4.43. The monoisotopic (exact) mass is 659 g/mol. The van der Waals surface area contributed by atoms with Crippen molar-refractivity contribution in [3.63, 3.8) is 0 Å². The molecule has 26 heavy (non-hydrogen) atoms. The molecular weight excluding hydrogens is 642 g/mol. The largest absolute Gasteiger partial charge is 0.381 e. The third kappa shape index (κ3) is 5.71. The molecule has 1 aromatic carbocycles. The zero-order valence-corrected chi connectivity index (χ0v) is 20.7. The van der Waals surface area contributed by atoms with Crippen molar-refractivity contribution in [2.45, 2.75) is 12.8 Å². The van der Waals surface area contributed by atoms with Crippen LogP contribution in [-0.4, -0.2) is 40.2 Å². The zero-order valence-electron chi connectivity index (χ0n) is 14.2. The molecule has 0 amide bonds. The van der Waals surface area contributed by atoms with Crippen LogP contribution < -0.4 is 5.32 Å². The number of nitrogens with one attached hydrogen (secondary N) is 1. The van der Waals surface area contributed by atoms with Crippen LogP contribution in [0, 0.1) is 37.2 Å². The van der Waals surface area contributed by atoms with Crippen LogP contribution in [0.5, 0.6) is 0 Å². The molecule has 0 aliphatic carbocycles. The number of ether oxygens (including phenoxy) is 1. The van der Waals surface area contributed by atoms with Gasteiger partial charge in [0.25, 0.3) is 0 Å². The van der Waals surface area contributed by atoms with E-state index in [1.165, 1.54) is 0 Å². The second-order valence-electron chi connectivity index (χ2n) is 5.47. The molecule has 8 heteroatoms. The molecule has 0 aliphatic rings. The van der Waals surface area contributed by atoms with Gasteiger partial charge in [0.15, 0.2) is 5.65 Å². The average Bonchev–Trinajstić information content (AvgIpc) is 3.03. The summed E-state index contributed by atoms with van der Waals surface area (Å²) in [6, 6.07) is 13.0. The minimum absolute atomic E-state index is 0. The van der Waals surface area contributed by atoms with Gasteiger partial charge in [0.05, 0.1) is 10.7 Å². The predicted octanol–water partition coefficient (Wildman–Crippen LogP) is 4.41. The summed E-state index contributed by atoms with van der Waals surface area (Å²) in [5.41, 5.74) is 2.58. The van der Waals surface area contributed by atoms with E-state index in [-0.39, 0.29) is 31.1 Å². The Kier molecular flexibility index (Phi) is 9.45. The minimum atomic E-state index is 0. The Labute approximate surface area is 190 Å². The number of benzene rings is 1. The quantitative estimate of drug-likeness (QED) is 0.210. The van der Waals surface area contributed by atoms with Gasteiger partial charge in [-0.25, -0.2) is 0 Å². The molecule has 0 radical (unpaired) electrons. The minimum Gasteiger partial charge on any atom is -0.381 e. The van der Waals surface area contributed by atoms with Crippen LogP contribution in [-0.2, 0) is 4.74 Å². The fraction of sp³-hybridized carbons (Fsp3) is 0.333. The summed E-state index contributed by atoms with van der Waals surface area (Å²) >= 11 is 9.14. The van der Waals surface area contributed by atoms with Crippen molar-refractivity contribution in [3.05, 3.63) is 47.1 Å². The number of halogens is 2. The van der Waals surface area contributed by atoms with Gasteiger partial charge in [-0.05, 0) is 40.5 Å². The first kappa shape index (κ1) is 21.7. The van der Waals surface area contributed by atoms with Crippen molar-refractivity contribution in [1.29, 1.82) is 0 Å². The zero-order chi connectivity index (χ0) is 17.5. The van der Waals surface area contributed by atoms with Crippen LogP contribution in [0.2, 0.25) is 0 Å². The van der Waals surface area contributed by atoms with E-state index in [1.807, 2.05) is 30.3 Å². The van der Waals surface area contributed by atoms with Gasteiger partial charge in [-0.1, -0.05) is 0 Å². The SMILES string of the molecule is ClCCCOCCCNc1cc(-c2[c-]cccc2)nc2c(Br)cnn12.[U]. The van der Waals surface area contributed by atoms with Gasteiger partial charge < -0.3 is 10.1 Å². The second-order valence-corrected chi connectivity index (χ2v) is 6.70. The maximum atomic E-state index is 5.63. The van der Waals surface area contributed by atoms with E-state index in [9.17, 15) is 0 Å². The maximum absolute atomic E-state index is 5.63. The molecule has 2 heterocycles. The summed E-state index contributed by atoms with van der Waals surface area (Å²) in [6.45, 7) is 2.21. The summed E-state index contributed by atoms with van der Waals surface area (Å²) in [4.78, 5) is 4.69. The van der Waals surface area contributed by atoms with Crippen LogP contribution in [0.15, 0.2) is 41.0 Å². The molecule has 3 rings (SSSR count). The number of alkyl halides is 1. The molecule has 0 saturated heterocycles. The molecule has 1 N–H and O–H groups in total. The molecule has 0 bridgehead atoms. The summed E-state index contributed by atoms with van der Waals surface area (Å²) in [5, 5.41) is 7.80. The van der Waals surface area contributed by atoms with Crippen molar-refractivity contribution < 1.29 is 35.9 Å². The van der Waals surface area contributed by atoms with E-state index in [0.717, 1.165) is 46.6 Å². The smallest absolute Gasteiger partial charge is 0.162 e. The van der Waals surface area contributed by atoms with Crippen LogP contribution >= 0.6 is 27.5 Å². The molecule has 136 valence electrons. The molecule has 0 unspecified atom stereocenters. The Morgan fingerprint density at radius 3 is 2.88 bits per heavy atom. The van der Waals surface area contributed by atoms with E-state index in [4.69, 9.17) is 16.3 Å². The van der Waals surface area contributed by atoms with Gasteiger partial charge in [0, 0.05) is 56.8 Å². The molecule has 0 atom stereocenters. The topological polar surface area (TPSA) is 51.5 Å². The van der Waals surface area contributed by atoms with Crippen molar-refractivity contribution in [2.24, 2.45) is 0 Å². The molecule has 2 aromatic heterocycles. The fourth-order valence-corrected chi connectivity index (χ4v) is 2.86. The number of hydrogen-bond acceptors (Lipinski definition) is 4. The Hall–Kier alpha value is -0.578. The molecule has 3 aromatic rings. The number of rotatable bonds is 9. The van der Waals surface area contributed by atoms with Crippen molar-refractivity contribution in [3.8, 4) is 11.3 Å². The summed E-state index contributed by atoms with van der Waals surface area (Å²) in [7, 11) is 0. The van der Waals surface area contributed by atoms with E-state index >= 15 is 0 Å². The van der Waals surface area contributed by atoms with Crippen LogP contribution in [0.4, 0.5) is 5.82 Å². The number of fused-ring (bicyclic) bond motifs is 1. The number of nitrogens with zero attached hydrogens (tertiary/aromatic N) is 3. The van der Waals surface area contributed by atoms with Crippen molar-refractivity contribution in [2.75, 3.05) is 31.0 Å². The molecular formula is C18H19BrClN4OU-. The number of anilines is 1. The number of aromatic nitrogens is 3. The first-order valence-electron chi connectivity index (χ1n) is 8.18. The summed E-state index contributed by atoms with van der Waals surface area (Å²) in [6.07, 6.45) is 3.54. The van der Waals surface area contributed by atoms with Crippen molar-refractivity contribution >= 4 is 39.0 Å². The molecule has 0 spiro atoms. The fourth-order valence-electron chi connectivity index (χ4n) is 2.40. The molecule has 0 aliphatic heterocycles. The Bertz CT molecular complexity index is 816. The predicted molar refractivity (Wildman–Crippen MR) is 104 cm³/mol. The van der Waals surface area contributed by atoms with Gasteiger partial charge >= 0.3 is 0 Å². The second kappa shape index (κ2) is 11.3. The van der Waals surface area contributed by atoms with Gasteiger partial charge in [0.2, 0.25) is 0 Å². The first-order chi connectivity index (χ1) is 12.3. The molecule has 0 fully saturated rings. The Morgan fingerprint density at radius 2 is 2.12 bits per heavy atom. The standard InChI is InChI=1S/C18H19BrClN4O.U/c19-15-13-22-24-17(21-9-5-11-25-10-4-8-20)12-16(23-18(15)24)14-6-2-1-3-7-14;/h1-3,6,12-13,21H,4-5,8-11H2;/q-1;. The maximum Gasteiger partial charge on any atom is 0.162 e. The normalized spacial score (nSPS) is 10.7. The molecule has 5 nitrogen and oxygen atoms in total. The van der Waals surface area contributed by atoms with Gasteiger partial charge in [-0.2, -0.15) is 9.61 Å². The third-order valence-electron chi connectivity index (χ3n) is 3.61. The average molecular weight is 661 g/mol. The Morgan fingerprint density at radius 1 is 1.27 bits per heavy atom. The number of hydrogen-bond donors (Lipinski definition) is 1. The van der Waals surface area contributed by atoms with Gasteiger partial charge in [0.1, 0.15) is 5.82 Å². The first-order valence-corrected chi connectivity index (χ1v) is 9.51. The van der Waals surface area contributed by atoms with Crippen molar-refractivity contribution in [1.82, 2.24) is 14.6 Å². The van der Waals surface area contributed by atoms with Gasteiger partial charge in [-0.15, -0.1) is 47.5 Å². The summed E-state index contributed by atoms with van der Waals surface area (Å²) < 4.78 is 8.18. The van der Waals surface area contributed by atoms with Crippen LogP contribution in [0.1, 0.15) is 12.8 Å². The van der Waals surface area contributed by atoms with Gasteiger partial charge in [-0.3, -0.25) is 4.98 Å².